The van der Waals surface area contributed by atoms with Gasteiger partial charge in [0.2, 0.25) is 5.60 Å². The van der Waals surface area contributed by atoms with Crippen molar-refractivity contribution in [3.05, 3.63) is 0 Å². The Kier molecular flexibility index (Phi) is 31.6. The molecule has 0 fully saturated rings. The van der Waals surface area contributed by atoms with E-state index in [-0.39, 0.29) is 12.8 Å². The highest BCUT2D eigenvalue weighted by molar-refractivity contribution is 6.10. The van der Waals surface area contributed by atoms with Gasteiger partial charge in [0, 0.05) is 12.8 Å². The van der Waals surface area contributed by atoms with Crippen LogP contribution in [-0.2, 0) is 9.59 Å². The molecule has 1 atom stereocenters. The molecule has 262 valence electrons. The monoisotopic (exact) mass is 625 g/mol. The molecule has 0 aliphatic heterocycles. The van der Waals surface area contributed by atoms with Crippen molar-refractivity contribution in [1.82, 2.24) is 0 Å². The first-order valence-corrected chi connectivity index (χ1v) is 19.5. The van der Waals surface area contributed by atoms with Crippen LogP contribution in [0.3, 0.4) is 0 Å². The van der Waals surface area contributed by atoms with Gasteiger partial charge in [-0.1, -0.05) is 194 Å². The van der Waals surface area contributed by atoms with Crippen molar-refractivity contribution < 1.29 is 24.9 Å². The number of aliphatic hydroxyl groups is 3. The number of carbonyl (C=O) groups is 2. The molecule has 0 rings (SSSR count). The number of Topliss-reactive ketones (excluding diaryl/α,β-unsaturated/α-hetero) is 2. The standard InChI is InChI=1S/C39H76O5/c1-3-5-7-9-11-13-15-17-19-21-23-25-27-29-31-33-36(41)39(44,38(43)35-40)37(42)34-32-30-28-26-24-22-20-18-16-14-12-10-8-6-4-2/h38,40,43-44H,3-35H2,1-2H3. The Morgan fingerprint density at radius 1 is 0.432 bits per heavy atom. The van der Waals surface area contributed by atoms with Gasteiger partial charge in [0.25, 0.3) is 0 Å². The van der Waals surface area contributed by atoms with Crippen LogP contribution in [0.15, 0.2) is 0 Å². The van der Waals surface area contributed by atoms with E-state index in [0.717, 1.165) is 38.5 Å². The molecule has 0 radical (unpaired) electrons. The average molecular weight is 625 g/mol. The van der Waals surface area contributed by atoms with Gasteiger partial charge in [-0.3, -0.25) is 9.59 Å². The lowest BCUT2D eigenvalue weighted by atomic mass is 9.82. The number of hydrogen-bond acceptors (Lipinski definition) is 5. The van der Waals surface area contributed by atoms with Crippen molar-refractivity contribution in [2.24, 2.45) is 0 Å². The molecular weight excluding hydrogens is 548 g/mol. The first-order chi connectivity index (χ1) is 21.4. The van der Waals surface area contributed by atoms with Gasteiger partial charge in [-0.2, -0.15) is 0 Å². The molecular formula is C39H76O5. The zero-order chi connectivity index (χ0) is 32.6. The Hall–Kier alpha value is -0.780. The molecule has 5 heteroatoms. The number of ketones is 2. The van der Waals surface area contributed by atoms with E-state index in [4.69, 9.17) is 0 Å². The number of rotatable bonds is 36. The molecule has 0 aromatic heterocycles. The van der Waals surface area contributed by atoms with Gasteiger partial charge in [0.15, 0.2) is 11.6 Å². The molecule has 44 heavy (non-hydrogen) atoms. The molecule has 0 aromatic carbocycles. The van der Waals surface area contributed by atoms with Crippen LogP contribution in [0.4, 0.5) is 0 Å². The Morgan fingerprint density at radius 3 is 0.841 bits per heavy atom. The molecule has 0 saturated heterocycles. The summed E-state index contributed by atoms with van der Waals surface area (Å²) in [7, 11) is 0. The molecule has 0 aliphatic carbocycles. The van der Waals surface area contributed by atoms with E-state index >= 15 is 0 Å². The normalized spacial score (nSPS) is 12.6. The van der Waals surface area contributed by atoms with Crippen LogP contribution in [-0.4, -0.2) is 45.2 Å². The lowest BCUT2D eigenvalue weighted by Crippen LogP contribution is -2.57. The van der Waals surface area contributed by atoms with E-state index < -0.39 is 29.9 Å². The smallest absolute Gasteiger partial charge is 0.209 e. The maximum atomic E-state index is 12.9. The van der Waals surface area contributed by atoms with Crippen molar-refractivity contribution in [2.75, 3.05) is 6.61 Å². The molecule has 0 aliphatic rings. The summed E-state index contributed by atoms with van der Waals surface area (Å²) in [4.78, 5) is 25.7. The van der Waals surface area contributed by atoms with Crippen LogP contribution >= 0.6 is 0 Å². The zero-order valence-corrected chi connectivity index (χ0v) is 29.6. The largest absolute Gasteiger partial charge is 0.394 e. The predicted molar refractivity (Wildman–Crippen MR) is 187 cm³/mol. The van der Waals surface area contributed by atoms with Gasteiger partial charge in [-0.25, -0.2) is 0 Å². The summed E-state index contributed by atoms with van der Waals surface area (Å²) < 4.78 is 0. The average Bonchev–Trinajstić information content (AvgIpc) is 3.03. The molecule has 0 saturated carbocycles. The van der Waals surface area contributed by atoms with E-state index in [1.807, 2.05) is 0 Å². The van der Waals surface area contributed by atoms with Crippen LogP contribution < -0.4 is 0 Å². The fourth-order valence-electron chi connectivity index (χ4n) is 6.35. The van der Waals surface area contributed by atoms with E-state index in [1.54, 1.807) is 0 Å². The lowest BCUT2D eigenvalue weighted by molar-refractivity contribution is -0.166. The van der Waals surface area contributed by atoms with E-state index in [0.29, 0.717) is 12.8 Å². The van der Waals surface area contributed by atoms with Crippen LogP contribution in [0, 0.1) is 0 Å². The van der Waals surface area contributed by atoms with Gasteiger partial charge in [0.1, 0.15) is 6.10 Å². The van der Waals surface area contributed by atoms with Crippen LogP contribution in [0.5, 0.6) is 0 Å². The molecule has 5 nitrogen and oxygen atoms in total. The number of aliphatic hydroxyl groups excluding tert-OH is 2. The quantitative estimate of drug-likeness (QED) is 0.0476. The molecule has 0 amide bonds. The van der Waals surface area contributed by atoms with E-state index in [2.05, 4.69) is 13.8 Å². The Labute approximate surface area is 273 Å². The summed E-state index contributed by atoms with van der Waals surface area (Å²) in [6.45, 7) is 3.72. The molecule has 0 bridgehead atoms. The summed E-state index contributed by atoms with van der Waals surface area (Å²) >= 11 is 0. The molecule has 1 unspecified atom stereocenters. The first-order valence-electron chi connectivity index (χ1n) is 19.5. The predicted octanol–water partition coefficient (Wildman–Crippen LogP) is 10.7. The highest BCUT2D eigenvalue weighted by Crippen LogP contribution is 2.22. The fraction of sp³-hybridized carbons (Fsp3) is 0.949. The third-order valence-corrected chi connectivity index (χ3v) is 9.52. The van der Waals surface area contributed by atoms with Crippen molar-refractivity contribution in [3.8, 4) is 0 Å². The second-order valence-corrected chi connectivity index (χ2v) is 13.7. The van der Waals surface area contributed by atoms with Crippen LogP contribution in [0.2, 0.25) is 0 Å². The molecule has 3 N–H and O–H groups in total. The molecule has 0 spiro atoms. The van der Waals surface area contributed by atoms with Gasteiger partial charge in [-0.05, 0) is 12.8 Å². The summed E-state index contributed by atoms with van der Waals surface area (Å²) in [5.41, 5.74) is -2.47. The van der Waals surface area contributed by atoms with Crippen molar-refractivity contribution in [2.45, 2.75) is 231 Å². The maximum Gasteiger partial charge on any atom is 0.209 e. The first kappa shape index (κ1) is 43.2. The van der Waals surface area contributed by atoms with Gasteiger partial charge in [-0.15, -0.1) is 0 Å². The van der Waals surface area contributed by atoms with Crippen LogP contribution in [0.1, 0.15) is 219 Å². The third-order valence-electron chi connectivity index (χ3n) is 9.52. The Bertz CT molecular complexity index is 588. The van der Waals surface area contributed by atoms with Gasteiger partial charge < -0.3 is 15.3 Å². The molecule has 0 heterocycles. The van der Waals surface area contributed by atoms with Crippen molar-refractivity contribution in [1.29, 1.82) is 0 Å². The number of carbonyl (C=O) groups excluding carboxylic acids is 2. The number of unbranched alkanes of at least 4 members (excludes halogenated alkanes) is 28. The summed E-state index contributed by atoms with van der Waals surface area (Å²) in [5.74, 6) is -1.28. The summed E-state index contributed by atoms with van der Waals surface area (Å²) in [5, 5.41) is 30.6. The van der Waals surface area contributed by atoms with E-state index in [9.17, 15) is 24.9 Å². The highest BCUT2D eigenvalue weighted by Gasteiger charge is 2.48. The van der Waals surface area contributed by atoms with E-state index in [1.165, 1.54) is 141 Å². The second kappa shape index (κ2) is 32.2. The lowest BCUT2D eigenvalue weighted by Gasteiger charge is -2.29. The van der Waals surface area contributed by atoms with Crippen molar-refractivity contribution in [3.63, 3.8) is 0 Å². The Morgan fingerprint density at radius 2 is 0.636 bits per heavy atom. The van der Waals surface area contributed by atoms with Crippen LogP contribution in [0.25, 0.3) is 0 Å². The summed E-state index contributed by atoms with van der Waals surface area (Å²) in [6, 6.07) is 0. The fourth-order valence-corrected chi connectivity index (χ4v) is 6.35. The van der Waals surface area contributed by atoms with Crippen molar-refractivity contribution >= 4 is 11.6 Å². The zero-order valence-electron chi connectivity index (χ0n) is 29.6. The SMILES string of the molecule is CCCCCCCCCCCCCCCCCC(=O)C(O)(C(=O)CCCCCCCCCCCCCCCCC)C(O)CO. The third kappa shape index (κ3) is 23.5. The minimum atomic E-state index is -2.47. The maximum absolute atomic E-state index is 12.9. The second-order valence-electron chi connectivity index (χ2n) is 13.7. The number of hydrogen-bond donors (Lipinski definition) is 3. The summed E-state index contributed by atoms with van der Waals surface area (Å²) in [6.07, 6.45) is 35.1. The molecule has 0 aromatic rings. The highest BCUT2D eigenvalue weighted by atomic mass is 16.4. The Balaban J connectivity index is 3.91. The minimum Gasteiger partial charge on any atom is -0.394 e. The minimum absolute atomic E-state index is 0.0659. The topological polar surface area (TPSA) is 94.8 Å². The van der Waals surface area contributed by atoms with Gasteiger partial charge >= 0.3 is 0 Å². The van der Waals surface area contributed by atoms with Gasteiger partial charge in [0.05, 0.1) is 6.61 Å².